The van der Waals surface area contributed by atoms with Gasteiger partial charge >= 0.3 is 15.8 Å². The summed E-state index contributed by atoms with van der Waals surface area (Å²) in [6, 6.07) is 0. The van der Waals surface area contributed by atoms with Crippen LogP contribution in [0.15, 0.2) is 0 Å². The van der Waals surface area contributed by atoms with Gasteiger partial charge in [0, 0.05) is 0 Å². The normalized spacial score (nSPS) is 10.7. The minimum atomic E-state index is -4.61. The van der Waals surface area contributed by atoms with Crippen LogP contribution >= 0.6 is 33.2 Å². The van der Waals surface area contributed by atoms with Crippen molar-refractivity contribution in [3.8, 4) is 0 Å². The summed E-state index contributed by atoms with van der Waals surface area (Å²) in [6.45, 7) is -1.46. The molecular weight excluding hydrogens is 227 g/mol. The SMILES string of the molecule is Cl[Si](Cl)Cl.O[Si](O)(O)O. The Morgan fingerprint density at radius 1 is 0.889 bits per heavy atom. The molecule has 0 amide bonds. The van der Waals surface area contributed by atoms with Crippen molar-refractivity contribution in [3.63, 3.8) is 0 Å². The van der Waals surface area contributed by atoms with E-state index < -0.39 is 15.8 Å². The van der Waals surface area contributed by atoms with Crippen molar-refractivity contribution in [2.24, 2.45) is 0 Å². The van der Waals surface area contributed by atoms with Gasteiger partial charge in [0.25, 0.3) is 0 Å². The Hall–Kier alpha value is 1.14. The van der Waals surface area contributed by atoms with Crippen LogP contribution in [-0.2, 0) is 0 Å². The highest BCUT2D eigenvalue weighted by atomic mass is 35.8. The fourth-order valence-electron chi connectivity index (χ4n) is 0. The van der Waals surface area contributed by atoms with E-state index in [2.05, 4.69) is 0 Å². The predicted molar refractivity (Wildman–Crippen MR) is 37.9 cm³/mol. The minimum absolute atomic E-state index is 1.46. The highest BCUT2D eigenvalue weighted by Crippen LogP contribution is 1.97. The molecule has 0 rings (SSSR count). The average Bonchev–Trinajstić information content (AvgIpc) is 1.19. The summed E-state index contributed by atoms with van der Waals surface area (Å²) in [6.07, 6.45) is 0. The van der Waals surface area contributed by atoms with E-state index in [0.717, 1.165) is 0 Å². The van der Waals surface area contributed by atoms with Crippen LogP contribution in [0.3, 0.4) is 0 Å². The molecule has 0 aromatic rings. The van der Waals surface area contributed by atoms with Gasteiger partial charge in [-0.2, -0.15) is 0 Å². The zero-order valence-electron chi connectivity index (χ0n) is 3.92. The molecule has 4 nitrogen and oxygen atoms in total. The summed E-state index contributed by atoms with van der Waals surface area (Å²) >= 11 is 14.7. The fourth-order valence-corrected chi connectivity index (χ4v) is 0. The molecule has 0 bridgehead atoms. The molecule has 0 atom stereocenters. The van der Waals surface area contributed by atoms with E-state index in [9.17, 15) is 0 Å². The standard InChI is InChI=1S/Cl3Si.H4O4Si/c1-4(2)3;1-5(2,3)4/h;1-4H. The van der Waals surface area contributed by atoms with Crippen molar-refractivity contribution in [1.29, 1.82) is 0 Å². The maximum atomic E-state index is 7.33. The van der Waals surface area contributed by atoms with E-state index >= 15 is 0 Å². The largest absolute Gasteiger partial charge is 0.668 e. The lowest BCUT2D eigenvalue weighted by molar-refractivity contribution is 0.117. The van der Waals surface area contributed by atoms with Crippen molar-refractivity contribution in [3.05, 3.63) is 0 Å². The van der Waals surface area contributed by atoms with Crippen LogP contribution in [0, 0.1) is 0 Å². The average molecular weight is 231 g/mol. The smallest absolute Gasteiger partial charge is 0.368 e. The Morgan fingerprint density at radius 2 is 0.889 bits per heavy atom. The molecule has 0 aromatic heterocycles. The zero-order chi connectivity index (χ0) is 8.08. The fraction of sp³-hybridized carbons (Fsp3) is 0. The van der Waals surface area contributed by atoms with Crippen LogP contribution in [0.2, 0.25) is 0 Å². The second kappa shape index (κ2) is 5.89. The van der Waals surface area contributed by atoms with Crippen LogP contribution in [0.5, 0.6) is 0 Å². The molecule has 0 aromatic carbocycles. The first kappa shape index (κ1) is 12.8. The lowest BCUT2D eigenvalue weighted by Gasteiger charge is -1.91. The van der Waals surface area contributed by atoms with Gasteiger partial charge in [-0.05, 0) is 0 Å². The highest BCUT2D eigenvalue weighted by molar-refractivity contribution is 7.54. The second-order valence-electron chi connectivity index (χ2n) is 0.814. The Labute approximate surface area is 68.4 Å². The number of halogens is 3. The third-order valence-electron chi connectivity index (χ3n) is 0. The second-order valence-corrected chi connectivity index (χ2v) is 7.59. The summed E-state index contributed by atoms with van der Waals surface area (Å²) in [5.74, 6) is 0. The Bertz CT molecular complexity index is 50.6. The molecule has 9 heavy (non-hydrogen) atoms. The molecule has 57 valence electrons. The highest BCUT2D eigenvalue weighted by Gasteiger charge is 2.22. The van der Waals surface area contributed by atoms with Gasteiger partial charge in [0.1, 0.15) is 0 Å². The molecule has 1 radical (unpaired) electrons. The molecule has 0 aliphatic heterocycles. The topological polar surface area (TPSA) is 80.9 Å². The summed E-state index contributed by atoms with van der Waals surface area (Å²) in [5.41, 5.74) is 0. The van der Waals surface area contributed by atoms with E-state index in [1.807, 2.05) is 0 Å². The molecule has 4 N–H and O–H groups in total. The number of hydrogen-bond acceptors (Lipinski definition) is 4. The van der Waals surface area contributed by atoms with Gasteiger partial charge in [-0.1, -0.05) is 0 Å². The van der Waals surface area contributed by atoms with Crippen LogP contribution in [0.4, 0.5) is 0 Å². The van der Waals surface area contributed by atoms with Gasteiger partial charge in [0.05, 0.1) is 0 Å². The first-order chi connectivity index (χ1) is 3.73. The number of hydrogen-bond donors (Lipinski definition) is 4. The summed E-state index contributed by atoms with van der Waals surface area (Å²) in [7, 11) is -4.61. The maximum absolute atomic E-state index is 7.33. The molecule has 0 saturated carbocycles. The molecule has 0 spiro atoms. The van der Waals surface area contributed by atoms with Crippen molar-refractivity contribution in [2.45, 2.75) is 0 Å². The third-order valence-corrected chi connectivity index (χ3v) is 0. The molecular formula is H4Cl3O4Si2. The first-order valence-electron chi connectivity index (χ1n) is 1.46. The molecule has 9 heteroatoms. The van der Waals surface area contributed by atoms with E-state index in [0.29, 0.717) is 0 Å². The van der Waals surface area contributed by atoms with Crippen LogP contribution in [0.1, 0.15) is 0 Å². The molecule has 0 saturated heterocycles. The van der Waals surface area contributed by atoms with E-state index in [1.54, 1.807) is 0 Å². The quantitative estimate of drug-likeness (QED) is 0.321. The molecule has 0 heterocycles. The molecule has 0 unspecified atom stereocenters. The summed E-state index contributed by atoms with van der Waals surface area (Å²) < 4.78 is 0. The van der Waals surface area contributed by atoms with Crippen LogP contribution in [0.25, 0.3) is 0 Å². The number of rotatable bonds is 0. The minimum Gasteiger partial charge on any atom is -0.368 e. The van der Waals surface area contributed by atoms with Crippen molar-refractivity contribution >= 4 is 49.0 Å². The van der Waals surface area contributed by atoms with Gasteiger partial charge in [0.2, 0.25) is 0 Å². The van der Waals surface area contributed by atoms with Gasteiger partial charge in [-0.15, -0.1) is 33.2 Å². The molecule has 0 aliphatic carbocycles. The predicted octanol–water partition coefficient (Wildman–Crippen LogP) is -0.921. The lowest BCUT2D eigenvalue weighted by atomic mass is 15.7. The monoisotopic (exact) mass is 229 g/mol. The maximum Gasteiger partial charge on any atom is 0.668 e. The van der Waals surface area contributed by atoms with Gasteiger partial charge in [0.15, 0.2) is 0 Å². The summed E-state index contributed by atoms with van der Waals surface area (Å²) in [5, 5.41) is 0. The Balaban J connectivity index is 0. The van der Waals surface area contributed by atoms with Gasteiger partial charge < -0.3 is 19.2 Å². The van der Waals surface area contributed by atoms with E-state index in [4.69, 9.17) is 52.4 Å². The van der Waals surface area contributed by atoms with Gasteiger partial charge in [-0.3, -0.25) is 0 Å². The Kier molecular flexibility index (Phi) is 8.37. The van der Waals surface area contributed by atoms with Gasteiger partial charge in [-0.25, -0.2) is 0 Å². The van der Waals surface area contributed by atoms with Crippen molar-refractivity contribution in [1.82, 2.24) is 0 Å². The van der Waals surface area contributed by atoms with Crippen LogP contribution in [-0.4, -0.2) is 35.0 Å². The van der Waals surface area contributed by atoms with E-state index in [1.165, 1.54) is 0 Å². The zero-order valence-corrected chi connectivity index (χ0v) is 8.19. The van der Waals surface area contributed by atoms with Crippen molar-refractivity contribution in [2.75, 3.05) is 0 Å². The first-order valence-corrected chi connectivity index (χ1v) is 7.79. The third kappa shape index (κ3) is 357. The molecule has 0 aliphatic rings. The molecule has 0 fully saturated rings. The van der Waals surface area contributed by atoms with Crippen LogP contribution < -0.4 is 0 Å². The van der Waals surface area contributed by atoms with Crippen molar-refractivity contribution < 1.29 is 19.2 Å². The Morgan fingerprint density at radius 3 is 0.889 bits per heavy atom. The lowest BCUT2D eigenvalue weighted by Crippen LogP contribution is -2.33. The summed E-state index contributed by atoms with van der Waals surface area (Å²) in [4.78, 5) is 29.3. The van der Waals surface area contributed by atoms with E-state index in [-0.39, 0.29) is 0 Å².